The topological polar surface area (TPSA) is 75.9 Å². The van der Waals surface area contributed by atoms with Crippen LogP contribution >= 0.6 is 0 Å². The average Bonchev–Trinajstić information content (AvgIpc) is 2.37. The molecule has 0 spiro atoms. The molecular weight excluding hydrogens is 233 g/mol. The van der Waals surface area contributed by atoms with Gasteiger partial charge in [-0.25, -0.2) is 20.2 Å². The molecule has 0 unspecified atom stereocenters. The Kier molecular flexibility index (Phi) is 3.69. The summed E-state index contributed by atoms with van der Waals surface area (Å²) < 4.78 is 12.7. The molecule has 1 heterocycles. The van der Waals surface area contributed by atoms with E-state index in [1.54, 1.807) is 25.1 Å². The number of anilines is 2. The number of rotatable bonds is 4. The van der Waals surface area contributed by atoms with Crippen LogP contribution in [0, 0.1) is 12.7 Å². The SMILES string of the molecule is Cc1nc(NN)cc(NCc2ccc(F)cc2)n1. The van der Waals surface area contributed by atoms with Crippen LogP contribution in [-0.4, -0.2) is 9.97 Å². The number of benzene rings is 1. The summed E-state index contributed by atoms with van der Waals surface area (Å²) in [4.78, 5) is 8.30. The van der Waals surface area contributed by atoms with E-state index in [0.29, 0.717) is 24.0 Å². The van der Waals surface area contributed by atoms with Crippen molar-refractivity contribution < 1.29 is 4.39 Å². The Balaban J connectivity index is 2.05. The van der Waals surface area contributed by atoms with E-state index in [0.717, 1.165) is 5.56 Å². The minimum Gasteiger partial charge on any atom is -0.366 e. The predicted octanol–water partition coefficient (Wildman–Crippen LogP) is 1.82. The van der Waals surface area contributed by atoms with E-state index in [4.69, 9.17) is 5.84 Å². The zero-order valence-electron chi connectivity index (χ0n) is 9.94. The number of nitrogen functional groups attached to an aromatic ring is 1. The van der Waals surface area contributed by atoms with Crippen LogP contribution in [0.1, 0.15) is 11.4 Å². The van der Waals surface area contributed by atoms with Gasteiger partial charge in [-0.15, -0.1) is 0 Å². The molecule has 0 amide bonds. The van der Waals surface area contributed by atoms with Crippen molar-refractivity contribution in [2.45, 2.75) is 13.5 Å². The molecule has 0 fully saturated rings. The Morgan fingerprint density at radius 3 is 2.50 bits per heavy atom. The maximum Gasteiger partial charge on any atom is 0.145 e. The Hall–Kier alpha value is -2.21. The highest BCUT2D eigenvalue weighted by molar-refractivity contribution is 5.47. The van der Waals surface area contributed by atoms with E-state index < -0.39 is 0 Å². The van der Waals surface area contributed by atoms with E-state index in [1.807, 2.05) is 0 Å². The van der Waals surface area contributed by atoms with Gasteiger partial charge in [0.25, 0.3) is 0 Å². The Labute approximate surface area is 104 Å². The van der Waals surface area contributed by atoms with Crippen molar-refractivity contribution in [2.75, 3.05) is 10.7 Å². The van der Waals surface area contributed by atoms with Gasteiger partial charge in [-0.1, -0.05) is 12.1 Å². The molecule has 18 heavy (non-hydrogen) atoms. The molecule has 0 atom stereocenters. The van der Waals surface area contributed by atoms with Crippen LogP contribution in [0.4, 0.5) is 16.0 Å². The third-order valence-electron chi connectivity index (χ3n) is 2.37. The minimum absolute atomic E-state index is 0.244. The molecule has 94 valence electrons. The summed E-state index contributed by atoms with van der Waals surface area (Å²) in [5, 5.41) is 3.13. The second kappa shape index (κ2) is 5.42. The van der Waals surface area contributed by atoms with Crippen LogP contribution in [-0.2, 0) is 6.54 Å². The van der Waals surface area contributed by atoms with Crippen LogP contribution < -0.4 is 16.6 Å². The van der Waals surface area contributed by atoms with Crippen molar-refractivity contribution in [1.82, 2.24) is 9.97 Å². The standard InChI is InChI=1S/C12H14FN5/c1-8-16-11(6-12(17-8)18-14)15-7-9-2-4-10(13)5-3-9/h2-6H,7,14H2,1H3,(H2,15,16,17,18). The first-order valence-electron chi connectivity index (χ1n) is 5.48. The molecule has 0 aliphatic rings. The quantitative estimate of drug-likeness (QED) is 0.567. The van der Waals surface area contributed by atoms with Gasteiger partial charge in [-0.3, -0.25) is 0 Å². The van der Waals surface area contributed by atoms with Crippen molar-refractivity contribution in [3.05, 3.63) is 47.5 Å². The lowest BCUT2D eigenvalue weighted by atomic mass is 10.2. The first kappa shape index (κ1) is 12.3. The zero-order valence-corrected chi connectivity index (χ0v) is 9.94. The predicted molar refractivity (Wildman–Crippen MR) is 68.3 cm³/mol. The van der Waals surface area contributed by atoms with Crippen LogP contribution in [0.25, 0.3) is 0 Å². The number of hydrogen-bond acceptors (Lipinski definition) is 5. The molecular formula is C12H14FN5. The third kappa shape index (κ3) is 3.14. The van der Waals surface area contributed by atoms with Gasteiger partial charge in [-0.2, -0.15) is 0 Å². The molecule has 1 aromatic carbocycles. The zero-order chi connectivity index (χ0) is 13.0. The highest BCUT2D eigenvalue weighted by Gasteiger charge is 2.01. The van der Waals surface area contributed by atoms with Crippen molar-refractivity contribution in [2.24, 2.45) is 5.84 Å². The van der Waals surface area contributed by atoms with Gasteiger partial charge < -0.3 is 10.7 Å². The molecule has 0 saturated carbocycles. The van der Waals surface area contributed by atoms with E-state index in [9.17, 15) is 4.39 Å². The number of hydrazine groups is 1. The van der Waals surface area contributed by atoms with Crippen LogP contribution in [0.15, 0.2) is 30.3 Å². The molecule has 0 radical (unpaired) electrons. The molecule has 4 N–H and O–H groups in total. The van der Waals surface area contributed by atoms with Crippen LogP contribution in [0.2, 0.25) is 0 Å². The number of aromatic nitrogens is 2. The largest absolute Gasteiger partial charge is 0.366 e. The lowest BCUT2D eigenvalue weighted by Gasteiger charge is -2.08. The molecule has 6 heteroatoms. The lowest BCUT2D eigenvalue weighted by Crippen LogP contribution is -2.11. The first-order chi connectivity index (χ1) is 8.67. The summed E-state index contributed by atoms with van der Waals surface area (Å²) in [6.45, 7) is 2.34. The van der Waals surface area contributed by atoms with E-state index in [2.05, 4.69) is 20.7 Å². The van der Waals surface area contributed by atoms with E-state index >= 15 is 0 Å². The minimum atomic E-state index is -0.244. The highest BCUT2D eigenvalue weighted by Crippen LogP contribution is 2.11. The normalized spacial score (nSPS) is 10.2. The van der Waals surface area contributed by atoms with Gasteiger partial charge >= 0.3 is 0 Å². The van der Waals surface area contributed by atoms with Gasteiger partial charge in [0.15, 0.2) is 0 Å². The van der Waals surface area contributed by atoms with Crippen LogP contribution in [0.5, 0.6) is 0 Å². The molecule has 0 aliphatic carbocycles. The number of hydrogen-bond donors (Lipinski definition) is 3. The molecule has 0 bridgehead atoms. The van der Waals surface area contributed by atoms with E-state index in [1.165, 1.54) is 12.1 Å². The van der Waals surface area contributed by atoms with Crippen molar-refractivity contribution in [1.29, 1.82) is 0 Å². The lowest BCUT2D eigenvalue weighted by molar-refractivity contribution is 0.627. The fourth-order valence-corrected chi connectivity index (χ4v) is 1.53. The molecule has 0 saturated heterocycles. The molecule has 5 nitrogen and oxygen atoms in total. The second-order valence-corrected chi connectivity index (χ2v) is 3.81. The second-order valence-electron chi connectivity index (χ2n) is 3.81. The summed E-state index contributed by atoms with van der Waals surface area (Å²) in [6.07, 6.45) is 0. The number of halogens is 1. The van der Waals surface area contributed by atoms with Crippen molar-refractivity contribution in [3.8, 4) is 0 Å². The summed E-state index contributed by atoms with van der Waals surface area (Å²) in [5.41, 5.74) is 3.44. The van der Waals surface area contributed by atoms with Crippen LogP contribution in [0.3, 0.4) is 0 Å². The van der Waals surface area contributed by atoms with Crippen molar-refractivity contribution >= 4 is 11.6 Å². The summed E-state index contributed by atoms with van der Waals surface area (Å²) in [7, 11) is 0. The number of nitrogens with two attached hydrogens (primary N) is 1. The number of nitrogens with one attached hydrogen (secondary N) is 2. The monoisotopic (exact) mass is 247 g/mol. The third-order valence-corrected chi connectivity index (χ3v) is 2.37. The van der Waals surface area contributed by atoms with Gasteiger partial charge in [-0.05, 0) is 24.6 Å². The molecule has 2 rings (SSSR count). The molecule has 2 aromatic rings. The summed E-state index contributed by atoms with van der Waals surface area (Å²) in [5.74, 6) is 6.89. The van der Waals surface area contributed by atoms with Gasteiger partial charge in [0, 0.05) is 12.6 Å². The smallest absolute Gasteiger partial charge is 0.145 e. The Bertz CT molecular complexity index is 526. The Morgan fingerprint density at radius 2 is 1.83 bits per heavy atom. The Morgan fingerprint density at radius 1 is 1.17 bits per heavy atom. The highest BCUT2D eigenvalue weighted by atomic mass is 19.1. The number of aryl methyl sites for hydroxylation is 1. The van der Waals surface area contributed by atoms with Gasteiger partial charge in [0.1, 0.15) is 23.3 Å². The summed E-state index contributed by atoms with van der Waals surface area (Å²) in [6, 6.07) is 8.00. The maximum absolute atomic E-state index is 12.7. The fraction of sp³-hybridized carbons (Fsp3) is 0.167. The number of nitrogens with zero attached hydrogens (tertiary/aromatic N) is 2. The van der Waals surface area contributed by atoms with Gasteiger partial charge in [0.05, 0.1) is 0 Å². The van der Waals surface area contributed by atoms with E-state index in [-0.39, 0.29) is 5.82 Å². The van der Waals surface area contributed by atoms with Gasteiger partial charge in [0.2, 0.25) is 0 Å². The first-order valence-corrected chi connectivity index (χ1v) is 5.48. The molecule has 0 aliphatic heterocycles. The average molecular weight is 247 g/mol. The maximum atomic E-state index is 12.7. The summed E-state index contributed by atoms with van der Waals surface area (Å²) >= 11 is 0. The molecule has 1 aromatic heterocycles. The van der Waals surface area contributed by atoms with Crippen molar-refractivity contribution in [3.63, 3.8) is 0 Å². The fourth-order valence-electron chi connectivity index (χ4n) is 1.53.